The number of carbonyl (C=O) groups excluding carboxylic acids is 1. The highest BCUT2D eigenvalue weighted by Gasteiger charge is 2.47. The van der Waals surface area contributed by atoms with Gasteiger partial charge in [-0.05, 0) is 89.1 Å². The fourth-order valence-corrected chi connectivity index (χ4v) is 11.3. The summed E-state index contributed by atoms with van der Waals surface area (Å²) in [6.07, 6.45) is 5.05. The lowest BCUT2D eigenvalue weighted by Crippen LogP contribution is -2.53. The highest BCUT2D eigenvalue weighted by Crippen LogP contribution is 2.45. The zero-order valence-corrected chi connectivity index (χ0v) is 28.1. The highest BCUT2D eigenvalue weighted by molar-refractivity contribution is 7.91. The van der Waals surface area contributed by atoms with E-state index in [1.165, 1.54) is 11.1 Å². The molecule has 3 aromatic rings. The number of amides is 1. The Morgan fingerprint density at radius 1 is 0.977 bits per heavy atom. The molecular weight excluding hydrogens is 593 g/mol. The Morgan fingerprint density at radius 3 is 2.20 bits per heavy atom. The summed E-state index contributed by atoms with van der Waals surface area (Å²) in [6.45, 7) is 11.3. The summed E-state index contributed by atoms with van der Waals surface area (Å²) in [5.74, 6) is 0.791. The van der Waals surface area contributed by atoms with Crippen molar-refractivity contribution >= 4 is 37.3 Å². The molecule has 2 atom stereocenters. The molecule has 4 aliphatic rings. The Kier molecular flexibility index (Phi) is 7.76. The predicted molar refractivity (Wildman–Crippen MR) is 177 cm³/mol. The standard InChI is InChI=1S/C34H46N4O4S2/c1-21-15-22(2)17-23(16-21)31-27(19-30(39)37-12-10-36(11-13-37)26-9-14-44(41,42)20-26)28-18-29(43-32(28)35-31)34(3,4)33(40)38-24-5-6-25(38)8-7-24/h15-18,24-26,30,35,39H,5-14,19-20H2,1-4H3. The molecule has 4 saturated heterocycles. The van der Waals surface area contributed by atoms with Crippen molar-refractivity contribution in [2.75, 3.05) is 37.7 Å². The molecular formula is C34H46N4O4S2. The molecule has 2 N–H and O–H groups in total. The third kappa shape index (κ3) is 5.44. The smallest absolute Gasteiger partial charge is 0.233 e. The van der Waals surface area contributed by atoms with Crippen LogP contribution in [0, 0.1) is 13.8 Å². The highest BCUT2D eigenvalue weighted by atomic mass is 32.2. The van der Waals surface area contributed by atoms with Gasteiger partial charge >= 0.3 is 0 Å². The molecule has 0 aliphatic carbocycles. The zero-order valence-electron chi connectivity index (χ0n) is 26.4. The second kappa shape index (κ2) is 11.2. The lowest BCUT2D eigenvalue weighted by atomic mass is 9.88. The minimum absolute atomic E-state index is 0.103. The van der Waals surface area contributed by atoms with Crippen LogP contribution in [0.3, 0.4) is 0 Å². The number of aromatic nitrogens is 1. The first-order valence-corrected chi connectivity index (χ1v) is 19.0. The second-order valence-corrected chi connectivity index (χ2v) is 17.6. The molecule has 2 aromatic heterocycles. The number of H-pyrrole nitrogens is 1. The number of benzene rings is 1. The normalized spacial score (nSPS) is 26.7. The van der Waals surface area contributed by atoms with Gasteiger partial charge in [0.2, 0.25) is 5.91 Å². The second-order valence-electron chi connectivity index (χ2n) is 14.3. The summed E-state index contributed by atoms with van der Waals surface area (Å²) >= 11 is 1.68. The molecule has 7 rings (SSSR count). The van der Waals surface area contributed by atoms with E-state index in [1.54, 1.807) is 11.3 Å². The van der Waals surface area contributed by atoms with Gasteiger partial charge in [-0.25, -0.2) is 8.42 Å². The van der Waals surface area contributed by atoms with E-state index >= 15 is 0 Å². The minimum atomic E-state index is -2.92. The topological polar surface area (TPSA) is 96.9 Å². The maximum atomic E-state index is 14.0. The number of nitrogens with zero attached hydrogens (tertiary/aromatic N) is 3. The van der Waals surface area contributed by atoms with Crippen LogP contribution < -0.4 is 0 Å². The Labute approximate surface area is 265 Å². The first-order valence-electron chi connectivity index (χ1n) is 16.3. The Morgan fingerprint density at radius 2 is 1.61 bits per heavy atom. The molecule has 4 aliphatic heterocycles. The molecule has 0 saturated carbocycles. The Balaban J connectivity index is 1.16. The van der Waals surface area contributed by atoms with Gasteiger partial charge in [0.05, 0.1) is 22.6 Å². The summed E-state index contributed by atoms with van der Waals surface area (Å²) in [5, 5.41) is 12.7. The number of aliphatic hydroxyl groups is 1. The van der Waals surface area contributed by atoms with E-state index in [0.717, 1.165) is 70.7 Å². The molecule has 10 heteroatoms. The van der Waals surface area contributed by atoms with E-state index in [1.807, 2.05) is 0 Å². The number of nitrogens with one attached hydrogen (secondary N) is 1. The molecule has 4 fully saturated rings. The van der Waals surface area contributed by atoms with Crippen molar-refractivity contribution in [3.63, 3.8) is 0 Å². The lowest BCUT2D eigenvalue weighted by Gasteiger charge is -2.39. The fourth-order valence-electron chi connectivity index (χ4n) is 8.37. The number of hydrogen-bond acceptors (Lipinski definition) is 7. The Hall–Kier alpha value is -2.24. The summed E-state index contributed by atoms with van der Waals surface area (Å²) in [5.41, 5.74) is 5.03. The van der Waals surface area contributed by atoms with E-state index in [9.17, 15) is 18.3 Å². The maximum Gasteiger partial charge on any atom is 0.233 e. The summed E-state index contributed by atoms with van der Waals surface area (Å²) < 4.78 is 24.1. The van der Waals surface area contributed by atoms with E-state index in [4.69, 9.17) is 0 Å². The number of piperazine rings is 1. The molecule has 0 radical (unpaired) electrons. The van der Waals surface area contributed by atoms with Crippen LogP contribution in [0.4, 0.5) is 0 Å². The lowest BCUT2D eigenvalue weighted by molar-refractivity contribution is -0.137. The first-order chi connectivity index (χ1) is 20.9. The summed E-state index contributed by atoms with van der Waals surface area (Å²) in [7, 11) is -2.92. The van der Waals surface area contributed by atoms with Crippen molar-refractivity contribution in [1.82, 2.24) is 19.7 Å². The zero-order chi connectivity index (χ0) is 31.0. The Bertz CT molecular complexity index is 1640. The van der Waals surface area contributed by atoms with Gasteiger partial charge in [0.25, 0.3) is 0 Å². The third-order valence-corrected chi connectivity index (χ3v) is 14.0. The van der Waals surface area contributed by atoms with E-state index in [-0.39, 0.29) is 23.5 Å². The molecule has 2 bridgehead atoms. The fraction of sp³-hybridized carbons (Fsp3) is 0.618. The maximum absolute atomic E-state index is 14.0. The van der Waals surface area contributed by atoms with Crippen LogP contribution in [0.1, 0.15) is 67.5 Å². The van der Waals surface area contributed by atoms with Crippen LogP contribution in [0.5, 0.6) is 0 Å². The number of fused-ring (bicyclic) bond motifs is 3. The first kappa shape index (κ1) is 30.4. The quantitative estimate of drug-likeness (QED) is 0.393. The van der Waals surface area contributed by atoms with Gasteiger partial charge in [0.15, 0.2) is 9.84 Å². The van der Waals surface area contributed by atoms with E-state index < -0.39 is 21.5 Å². The van der Waals surface area contributed by atoms with Crippen LogP contribution in [0.2, 0.25) is 0 Å². The average Bonchev–Trinajstić information content (AvgIpc) is 3.80. The number of thiophene rings is 1. The molecule has 1 aromatic carbocycles. The predicted octanol–water partition coefficient (Wildman–Crippen LogP) is 4.61. The van der Waals surface area contributed by atoms with Crippen molar-refractivity contribution in [3.8, 4) is 11.3 Å². The van der Waals surface area contributed by atoms with Crippen LogP contribution in [0.15, 0.2) is 24.3 Å². The third-order valence-electron chi connectivity index (χ3n) is 10.8. The number of aryl methyl sites for hydroxylation is 2. The van der Waals surface area contributed by atoms with Crippen molar-refractivity contribution in [1.29, 1.82) is 0 Å². The summed E-state index contributed by atoms with van der Waals surface area (Å²) in [6, 6.07) is 9.68. The van der Waals surface area contributed by atoms with Crippen molar-refractivity contribution in [3.05, 3.63) is 45.8 Å². The molecule has 1 amide bonds. The van der Waals surface area contributed by atoms with Gasteiger partial charge < -0.3 is 15.0 Å². The number of aliphatic hydroxyl groups excluding tert-OH is 1. The molecule has 238 valence electrons. The molecule has 2 unspecified atom stereocenters. The van der Waals surface area contributed by atoms with E-state index in [0.29, 0.717) is 38.0 Å². The van der Waals surface area contributed by atoms with Gasteiger partial charge in [-0.3, -0.25) is 14.6 Å². The van der Waals surface area contributed by atoms with Crippen molar-refractivity contribution in [2.24, 2.45) is 0 Å². The molecule has 6 heterocycles. The molecule has 44 heavy (non-hydrogen) atoms. The van der Waals surface area contributed by atoms with E-state index in [2.05, 4.69) is 71.6 Å². The average molecular weight is 639 g/mol. The van der Waals surface area contributed by atoms with Crippen LogP contribution in [-0.2, 0) is 26.5 Å². The number of rotatable bonds is 7. The van der Waals surface area contributed by atoms with Gasteiger partial charge in [0.1, 0.15) is 11.1 Å². The number of carbonyl (C=O) groups is 1. The van der Waals surface area contributed by atoms with Gasteiger partial charge in [-0.2, -0.15) is 0 Å². The van der Waals surface area contributed by atoms with Crippen LogP contribution in [0.25, 0.3) is 21.5 Å². The molecule has 8 nitrogen and oxygen atoms in total. The van der Waals surface area contributed by atoms with Gasteiger partial charge in [-0.1, -0.05) is 17.2 Å². The van der Waals surface area contributed by atoms with Crippen LogP contribution in [-0.4, -0.2) is 101 Å². The van der Waals surface area contributed by atoms with Gasteiger partial charge in [-0.15, -0.1) is 11.3 Å². The largest absolute Gasteiger partial charge is 0.378 e. The van der Waals surface area contributed by atoms with Gasteiger partial charge in [0, 0.05) is 61.0 Å². The SMILES string of the molecule is Cc1cc(C)cc(-c2[nH]c3sc(C(C)(C)C(=O)N4C5CCC4CC5)cc3c2CC(O)N2CCN(C3CCS(=O)(=O)C3)CC2)c1. The molecule has 0 spiro atoms. The number of aromatic amines is 1. The number of sulfone groups is 1. The summed E-state index contributed by atoms with van der Waals surface area (Å²) in [4.78, 5) is 26.4. The van der Waals surface area contributed by atoms with Crippen molar-refractivity contribution in [2.45, 2.75) is 96.0 Å². The number of hydrogen-bond donors (Lipinski definition) is 2. The van der Waals surface area contributed by atoms with Crippen LogP contribution >= 0.6 is 11.3 Å². The monoisotopic (exact) mass is 638 g/mol. The van der Waals surface area contributed by atoms with Crippen molar-refractivity contribution < 1.29 is 18.3 Å². The minimum Gasteiger partial charge on any atom is -0.378 e.